The molecule has 0 saturated heterocycles. The number of hydrogen-bond donors (Lipinski definition) is 2. The van der Waals surface area contributed by atoms with Gasteiger partial charge in [-0.2, -0.15) is 0 Å². The second-order valence-electron chi connectivity index (χ2n) is 3.24. The summed E-state index contributed by atoms with van der Waals surface area (Å²) in [6.45, 7) is -0.00648. The predicted octanol–water partition coefficient (Wildman–Crippen LogP) is 2.36. The van der Waals surface area contributed by atoms with Gasteiger partial charge in [-0.3, -0.25) is 0 Å². The molecule has 0 aromatic heterocycles. The second kappa shape index (κ2) is 7.63. The van der Waals surface area contributed by atoms with Crippen molar-refractivity contribution in [2.24, 2.45) is 0 Å². The summed E-state index contributed by atoms with van der Waals surface area (Å²) in [5.41, 5.74) is 1.59. The van der Waals surface area contributed by atoms with Gasteiger partial charge in [-0.05, 0) is 11.1 Å². The quantitative estimate of drug-likeness (QED) is 0.809. The highest BCUT2D eigenvalue weighted by molar-refractivity contribution is 5.25. The molecule has 0 heterocycles. The molecule has 0 amide bonds. The third kappa shape index (κ3) is 4.26. The number of aliphatic hydroxyl groups is 2. The third-order valence-corrected chi connectivity index (χ3v) is 2.13. The van der Waals surface area contributed by atoms with E-state index in [-0.39, 0.29) is 13.2 Å². The van der Waals surface area contributed by atoms with E-state index >= 15 is 0 Å². The summed E-state index contributed by atoms with van der Waals surface area (Å²) >= 11 is 0. The molecule has 0 aliphatic carbocycles. The van der Waals surface area contributed by atoms with Crippen LogP contribution in [0.5, 0.6) is 0 Å². The first-order valence-electron chi connectivity index (χ1n) is 5.17. The molecule has 2 aromatic carbocycles. The molecule has 0 spiro atoms. The third-order valence-electron chi connectivity index (χ3n) is 2.13. The molecule has 2 aromatic rings. The monoisotopic (exact) mass is 216 g/mol. The Morgan fingerprint density at radius 1 is 0.562 bits per heavy atom. The highest BCUT2D eigenvalue weighted by Crippen LogP contribution is 2.07. The second-order valence-corrected chi connectivity index (χ2v) is 3.24. The van der Waals surface area contributed by atoms with Gasteiger partial charge in [0, 0.05) is 0 Å². The maximum Gasteiger partial charge on any atom is 0.0685 e. The predicted molar refractivity (Wildman–Crippen MR) is 64.7 cm³/mol. The Labute approximate surface area is 95.8 Å². The van der Waals surface area contributed by atoms with E-state index in [4.69, 9.17) is 10.2 Å². The van der Waals surface area contributed by atoms with Crippen LogP contribution in [-0.4, -0.2) is 10.2 Å². The van der Waals surface area contributed by atoms with Crippen LogP contribution in [0.4, 0.5) is 0 Å². The Kier molecular flexibility index (Phi) is 5.92. The van der Waals surface area contributed by atoms with Crippen molar-refractivity contribution in [1.82, 2.24) is 0 Å². The number of rotatable bonds is 2. The summed E-state index contributed by atoms with van der Waals surface area (Å²) in [4.78, 5) is 0. The van der Waals surface area contributed by atoms with Gasteiger partial charge in [0.25, 0.3) is 0 Å². The lowest BCUT2D eigenvalue weighted by Crippen LogP contribution is -1.91. The fourth-order valence-corrected chi connectivity index (χ4v) is 1.25. The number of benzene rings is 2. The molecular formula is C14H16O2. The average Bonchev–Trinajstić information content (AvgIpc) is 2.41. The molecule has 0 atom stereocenters. The Hall–Kier alpha value is -1.64. The zero-order valence-electron chi connectivity index (χ0n) is 9.08. The summed E-state index contributed by atoms with van der Waals surface area (Å²) in [5, 5.41) is 17.5. The summed E-state index contributed by atoms with van der Waals surface area (Å²) in [6, 6.07) is 19.3. The summed E-state index contributed by atoms with van der Waals surface area (Å²) < 4.78 is 0. The van der Waals surface area contributed by atoms with Gasteiger partial charge in [0.1, 0.15) is 0 Å². The van der Waals surface area contributed by atoms with Gasteiger partial charge >= 0.3 is 0 Å². The molecule has 16 heavy (non-hydrogen) atoms. The molecule has 0 radical (unpaired) electrons. The van der Waals surface area contributed by atoms with Crippen LogP contribution in [0, 0.1) is 0 Å². The van der Waals surface area contributed by atoms with Crippen molar-refractivity contribution in [3.8, 4) is 0 Å². The lowest BCUT2D eigenvalue weighted by molar-refractivity contribution is 0.260. The molecule has 0 aliphatic rings. The topological polar surface area (TPSA) is 40.5 Å². The van der Waals surface area contributed by atoms with E-state index in [0.717, 1.165) is 11.1 Å². The zero-order chi connectivity index (χ0) is 11.6. The Morgan fingerprint density at radius 3 is 1.12 bits per heavy atom. The van der Waals surface area contributed by atoms with E-state index in [0.29, 0.717) is 0 Å². The summed E-state index contributed by atoms with van der Waals surface area (Å²) in [7, 11) is 0. The highest BCUT2D eigenvalue weighted by atomic mass is 16.3. The molecule has 0 unspecified atom stereocenters. The average molecular weight is 216 g/mol. The van der Waals surface area contributed by atoms with E-state index in [1.54, 1.807) is 12.1 Å². The molecule has 84 valence electrons. The minimum atomic E-state index is -0.00324. The van der Waals surface area contributed by atoms with Gasteiger partial charge < -0.3 is 10.2 Å². The first kappa shape index (κ1) is 12.4. The maximum absolute atomic E-state index is 8.74. The van der Waals surface area contributed by atoms with Crippen molar-refractivity contribution in [2.75, 3.05) is 0 Å². The Bertz CT molecular complexity index is 335. The van der Waals surface area contributed by atoms with Gasteiger partial charge in [-0.1, -0.05) is 60.7 Å². The van der Waals surface area contributed by atoms with Crippen molar-refractivity contribution < 1.29 is 10.2 Å². The molecular weight excluding hydrogens is 200 g/mol. The van der Waals surface area contributed by atoms with Crippen LogP contribution in [0.15, 0.2) is 60.7 Å². The van der Waals surface area contributed by atoms with Crippen LogP contribution >= 0.6 is 0 Å². The molecule has 0 saturated carbocycles. The Balaban J connectivity index is 0.000000181. The van der Waals surface area contributed by atoms with E-state index < -0.39 is 0 Å². The zero-order valence-corrected chi connectivity index (χ0v) is 9.08. The number of hydrogen-bond acceptors (Lipinski definition) is 2. The van der Waals surface area contributed by atoms with Crippen LogP contribution in [-0.2, 0) is 13.2 Å². The standard InChI is InChI=1S/C8H10O2.C6H6/c9-5-7-3-1-2-4-8(7)6-10;1-2-4-6-5-3-1/h1-4,9-10H,5-6H2;1-6H. The minimum Gasteiger partial charge on any atom is -0.392 e. The molecule has 0 bridgehead atoms. The van der Waals surface area contributed by atoms with Crippen molar-refractivity contribution in [3.05, 3.63) is 71.8 Å². The molecule has 2 N–H and O–H groups in total. The largest absolute Gasteiger partial charge is 0.392 e. The first-order valence-corrected chi connectivity index (χ1v) is 5.17. The smallest absolute Gasteiger partial charge is 0.0685 e. The highest BCUT2D eigenvalue weighted by Gasteiger charge is 1.95. The molecule has 0 fully saturated rings. The van der Waals surface area contributed by atoms with Crippen molar-refractivity contribution in [3.63, 3.8) is 0 Å². The fourth-order valence-electron chi connectivity index (χ4n) is 1.25. The van der Waals surface area contributed by atoms with Gasteiger partial charge in [-0.15, -0.1) is 0 Å². The van der Waals surface area contributed by atoms with Gasteiger partial charge in [0.05, 0.1) is 13.2 Å². The van der Waals surface area contributed by atoms with Gasteiger partial charge in [-0.25, -0.2) is 0 Å². The lowest BCUT2D eigenvalue weighted by atomic mass is 10.1. The SMILES string of the molecule is OCc1ccccc1CO.c1ccccc1. The fraction of sp³-hybridized carbons (Fsp3) is 0.143. The van der Waals surface area contributed by atoms with Crippen molar-refractivity contribution in [1.29, 1.82) is 0 Å². The summed E-state index contributed by atoms with van der Waals surface area (Å²) in [5.74, 6) is 0. The van der Waals surface area contributed by atoms with E-state index in [1.807, 2.05) is 48.5 Å². The lowest BCUT2D eigenvalue weighted by Gasteiger charge is -2.01. The number of aliphatic hydroxyl groups excluding tert-OH is 2. The van der Waals surface area contributed by atoms with Crippen molar-refractivity contribution in [2.45, 2.75) is 13.2 Å². The van der Waals surface area contributed by atoms with Crippen LogP contribution in [0.25, 0.3) is 0 Å². The van der Waals surface area contributed by atoms with Crippen LogP contribution in [0.1, 0.15) is 11.1 Å². The normalized spacial score (nSPS) is 9.12. The van der Waals surface area contributed by atoms with E-state index in [1.165, 1.54) is 0 Å². The van der Waals surface area contributed by atoms with Gasteiger partial charge in [0.15, 0.2) is 0 Å². The molecule has 2 rings (SSSR count). The molecule has 2 nitrogen and oxygen atoms in total. The van der Waals surface area contributed by atoms with E-state index in [9.17, 15) is 0 Å². The molecule has 2 heteroatoms. The maximum atomic E-state index is 8.74. The van der Waals surface area contributed by atoms with Crippen LogP contribution in [0.3, 0.4) is 0 Å². The van der Waals surface area contributed by atoms with Gasteiger partial charge in [0.2, 0.25) is 0 Å². The first-order chi connectivity index (χ1) is 7.88. The van der Waals surface area contributed by atoms with E-state index in [2.05, 4.69) is 0 Å². The molecule has 0 aliphatic heterocycles. The minimum absolute atomic E-state index is 0.00324. The summed E-state index contributed by atoms with van der Waals surface area (Å²) in [6.07, 6.45) is 0. The van der Waals surface area contributed by atoms with Crippen LogP contribution in [0.2, 0.25) is 0 Å². The van der Waals surface area contributed by atoms with Crippen LogP contribution < -0.4 is 0 Å². The van der Waals surface area contributed by atoms with Crippen molar-refractivity contribution >= 4 is 0 Å². The Morgan fingerprint density at radius 2 is 0.875 bits per heavy atom.